The molecule has 9 heteroatoms. The number of aryl methyl sites for hydroxylation is 1. The zero-order chi connectivity index (χ0) is 24.2. The van der Waals surface area contributed by atoms with E-state index < -0.39 is 6.03 Å². The van der Waals surface area contributed by atoms with Crippen molar-refractivity contribution in [3.63, 3.8) is 0 Å². The van der Waals surface area contributed by atoms with Gasteiger partial charge in [-0.2, -0.15) is 0 Å². The SMILES string of the molecule is COc1cc2nccc(Oc3ccc(NC(=O)Nc4ccc(F)cc4C)c(Cl)c3)c2cc1OC. The first kappa shape index (κ1) is 23.1. The van der Waals surface area contributed by atoms with E-state index in [-0.39, 0.29) is 10.8 Å². The Morgan fingerprint density at radius 1 is 0.912 bits per heavy atom. The fourth-order valence-electron chi connectivity index (χ4n) is 3.37. The molecule has 1 aromatic heterocycles. The number of amides is 2. The zero-order valence-corrected chi connectivity index (χ0v) is 19.4. The predicted octanol–water partition coefficient (Wildman–Crippen LogP) is 6.79. The third-order valence-corrected chi connectivity index (χ3v) is 5.37. The van der Waals surface area contributed by atoms with Crippen LogP contribution in [0.4, 0.5) is 20.6 Å². The minimum Gasteiger partial charge on any atom is -0.493 e. The molecule has 7 nitrogen and oxygen atoms in total. The number of methoxy groups -OCH3 is 2. The molecule has 4 aromatic rings. The van der Waals surface area contributed by atoms with E-state index in [0.29, 0.717) is 45.5 Å². The number of pyridine rings is 1. The second-order valence-corrected chi connectivity index (χ2v) is 7.72. The van der Waals surface area contributed by atoms with Crippen LogP contribution in [-0.2, 0) is 0 Å². The van der Waals surface area contributed by atoms with E-state index in [1.54, 1.807) is 63.7 Å². The maximum atomic E-state index is 13.3. The van der Waals surface area contributed by atoms with Crippen LogP contribution in [0.25, 0.3) is 10.9 Å². The van der Waals surface area contributed by atoms with Crippen LogP contribution in [0.1, 0.15) is 5.56 Å². The number of nitrogens with zero attached hydrogens (tertiary/aromatic N) is 1. The Bertz CT molecular complexity index is 1380. The maximum absolute atomic E-state index is 13.3. The standard InChI is InChI=1S/C25H21ClFN3O4/c1-14-10-15(27)4-6-19(14)29-25(31)30-20-7-5-16(11-18(20)26)34-22-8-9-28-21-13-24(33-3)23(32-2)12-17(21)22/h4-13H,1-3H3,(H2,29,30,31). The van der Waals surface area contributed by atoms with E-state index in [2.05, 4.69) is 15.6 Å². The highest BCUT2D eigenvalue weighted by Gasteiger charge is 2.13. The summed E-state index contributed by atoms with van der Waals surface area (Å²) in [6.07, 6.45) is 1.63. The molecular weight excluding hydrogens is 461 g/mol. The highest BCUT2D eigenvalue weighted by molar-refractivity contribution is 6.34. The van der Waals surface area contributed by atoms with Crippen molar-refractivity contribution in [3.8, 4) is 23.0 Å². The lowest BCUT2D eigenvalue weighted by Gasteiger charge is -2.14. The van der Waals surface area contributed by atoms with Gasteiger partial charge in [0.15, 0.2) is 11.5 Å². The molecule has 0 saturated heterocycles. The van der Waals surface area contributed by atoms with E-state index in [4.69, 9.17) is 25.8 Å². The summed E-state index contributed by atoms with van der Waals surface area (Å²) in [4.78, 5) is 16.7. The molecular formula is C25H21ClFN3O4. The number of fused-ring (bicyclic) bond motifs is 1. The molecule has 0 fully saturated rings. The lowest BCUT2D eigenvalue weighted by atomic mass is 10.2. The molecule has 0 aliphatic heterocycles. The average molecular weight is 482 g/mol. The molecule has 1 heterocycles. The zero-order valence-electron chi connectivity index (χ0n) is 18.6. The molecule has 4 rings (SSSR count). The minimum absolute atomic E-state index is 0.279. The number of carbonyl (C=O) groups is 1. The minimum atomic E-state index is -0.508. The van der Waals surface area contributed by atoms with Crippen LogP contribution in [0, 0.1) is 12.7 Å². The third-order valence-electron chi connectivity index (χ3n) is 5.06. The van der Waals surface area contributed by atoms with Gasteiger partial charge in [-0.3, -0.25) is 4.98 Å². The van der Waals surface area contributed by atoms with Gasteiger partial charge < -0.3 is 24.8 Å². The first-order valence-corrected chi connectivity index (χ1v) is 10.6. The van der Waals surface area contributed by atoms with Gasteiger partial charge in [-0.05, 0) is 55.0 Å². The summed E-state index contributed by atoms with van der Waals surface area (Å²) in [6, 6.07) is 13.8. The van der Waals surface area contributed by atoms with Crippen LogP contribution in [0.5, 0.6) is 23.0 Å². The fourth-order valence-corrected chi connectivity index (χ4v) is 3.59. The lowest BCUT2D eigenvalue weighted by Crippen LogP contribution is -2.20. The quantitative estimate of drug-likeness (QED) is 0.317. The van der Waals surface area contributed by atoms with Crippen LogP contribution < -0.4 is 24.8 Å². The van der Waals surface area contributed by atoms with Crippen molar-refractivity contribution in [2.75, 3.05) is 24.9 Å². The van der Waals surface area contributed by atoms with Gasteiger partial charge in [-0.15, -0.1) is 0 Å². The molecule has 0 aliphatic carbocycles. The highest BCUT2D eigenvalue weighted by atomic mass is 35.5. The Labute approximate surface area is 200 Å². The summed E-state index contributed by atoms with van der Waals surface area (Å²) in [7, 11) is 3.11. The van der Waals surface area contributed by atoms with Gasteiger partial charge in [-0.25, -0.2) is 9.18 Å². The molecule has 0 unspecified atom stereocenters. The number of carbonyl (C=O) groups excluding carboxylic acids is 1. The lowest BCUT2D eigenvalue weighted by molar-refractivity contribution is 0.262. The van der Waals surface area contributed by atoms with Crippen molar-refractivity contribution in [3.05, 3.63) is 77.2 Å². The Morgan fingerprint density at radius 2 is 1.62 bits per heavy atom. The summed E-state index contributed by atoms with van der Waals surface area (Å²) >= 11 is 6.38. The van der Waals surface area contributed by atoms with Crippen molar-refractivity contribution >= 4 is 39.9 Å². The number of anilines is 2. The summed E-state index contributed by atoms with van der Waals surface area (Å²) in [5.41, 5.74) is 2.15. The Hall–Kier alpha value is -4.04. The van der Waals surface area contributed by atoms with Crippen LogP contribution in [0.15, 0.2) is 60.8 Å². The van der Waals surface area contributed by atoms with Gasteiger partial charge in [0.25, 0.3) is 0 Å². The van der Waals surface area contributed by atoms with Gasteiger partial charge in [0.05, 0.1) is 30.4 Å². The predicted molar refractivity (Wildman–Crippen MR) is 130 cm³/mol. The first-order chi connectivity index (χ1) is 16.4. The Kier molecular flexibility index (Phi) is 6.70. The van der Waals surface area contributed by atoms with E-state index in [0.717, 1.165) is 5.39 Å². The van der Waals surface area contributed by atoms with E-state index in [1.165, 1.54) is 18.2 Å². The maximum Gasteiger partial charge on any atom is 0.323 e. The van der Waals surface area contributed by atoms with Crippen LogP contribution in [0.3, 0.4) is 0 Å². The largest absolute Gasteiger partial charge is 0.493 e. The van der Waals surface area contributed by atoms with Crippen molar-refractivity contribution in [2.24, 2.45) is 0 Å². The van der Waals surface area contributed by atoms with Crippen molar-refractivity contribution in [2.45, 2.75) is 6.92 Å². The number of nitrogens with one attached hydrogen (secondary N) is 2. The highest BCUT2D eigenvalue weighted by Crippen LogP contribution is 2.38. The van der Waals surface area contributed by atoms with Gasteiger partial charge in [0.1, 0.15) is 17.3 Å². The molecule has 0 bridgehead atoms. The molecule has 0 spiro atoms. The number of hydrogen-bond donors (Lipinski definition) is 2. The van der Waals surface area contributed by atoms with Crippen molar-refractivity contribution in [1.29, 1.82) is 0 Å². The van der Waals surface area contributed by atoms with E-state index in [1.807, 2.05) is 0 Å². The van der Waals surface area contributed by atoms with Crippen molar-refractivity contribution in [1.82, 2.24) is 4.98 Å². The molecule has 0 saturated carbocycles. The molecule has 2 amide bonds. The van der Waals surface area contributed by atoms with E-state index >= 15 is 0 Å². The monoisotopic (exact) mass is 481 g/mol. The number of aromatic nitrogens is 1. The normalized spacial score (nSPS) is 10.6. The summed E-state index contributed by atoms with van der Waals surface area (Å²) in [5, 5.41) is 6.36. The fraction of sp³-hybridized carbons (Fsp3) is 0.120. The molecule has 2 N–H and O–H groups in total. The average Bonchev–Trinajstić information content (AvgIpc) is 2.82. The second kappa shape index (κ2) is 9.84. The van der Waals surface area contributed by atoms with Gasteiger partial charge in [-0.1, -0.05) is 11.6 Å². The number of ether oxygens (including phenoxy) is 3. The van der Waals surface area contributed by atoms with Gasteiger partial charge >= 0.3 is 6.03 Å². The second-order valence-electron chi connectivity index (χ2n) is 7.32. The van der Waals surface area contributed by atoms with Crippen LogP contribution in [-0.4, -0.2) is 25.2 Å². The topological polar surface area (TPSA) is 81.7 Å². The number of rotatable bonds is 6. The number of urea groups is 1. The van der Waals surface area contributed by atoms with Crippen molar-refractivity contribution < 1.29 is 23.4 Å². The number of benzene rings is 3. The Morgan fingerprint density at radius 3 is 2.32 bits per heavy atom. The van der Waals surface area contributed by atoms with Crippen LogP contribution >= 0.6 is 11.6 Å². The summed E-state index contributed by atoms with van der Waals surface area (Å²) < 4.78 is 30.0. The van der Waals surface area contributed by atoms with Gasteiger partial charge in [0.2, 0.25) is 0 Å². The Balaban J connectivity index is 1.52. The number of hydrogen-bond acceptors (Lipinski definition) is 5. The first-order valence-electron chi connectivity index (χ1n) is 10.2. The summed E-state index contributed by atoms with van der Waals surface area (Å²) in [6.45, 7) is 1.70. The molecule has 174 valence electrons. The smallest absolute Gasteiger partial charge is 0.323 e. The third kappa shape index (κ3) is 4.97. The molecule has 3 aromatic carbocycles. The number of halogens is 2. The van der Waals surface area contributed by atoms with Crippen LogP contribution in [0.2, 0.25) is 5.02 Å². The molecule has 0 atom stereocenters. The molecule has 34 heavy (non-hydrogen) atoms. The molecule has 0 radical (unpaired) electrons. The molecule has 0 aliphatic rings. The van der Waals surface area contributed by atoms with E-state index in [9.17, 15) is 9.18 Å². The van der Waals surface area contributed by atoms with Gasteiger partial charge in [0, 0.05) is 29.4 Å². The summed E-state index contributed by atoms with van der Waals surface area (Å²) in [5.74, 6) is 1.75.